The maximum absolute atomic E-state index is 3.00. The van der Waals surface area contributed by atoms with Crippen molar-refractivity contribution >= 4 is 0 Å². The first-order valence-corrected chi connectivity index (χ1v) is 4.08. The van der Waals surface area contributed by atoms with Crippen LogP contribution in [-0.4, -0.2) is 25.0 Å². The zero-order valence-corrected chi connectivity index (χ0v) is 7.69. The van der Waals surface area contributed by atoms with Crippen LogP contribution in [0.5, 0.6) is 0 Å². The van der Waals surface area contributed by atoms with E-state index in [0.29, 0.717) is 0 Å². The van der Waals surface area contributed by atoms with Crippen LogP contribution in [0.4, 0.5) is 0 Å². The highest BCUT2D eigenvalue weighted by Crippen LogP contribution is 2.01. The Morgan fingerprint density at radius 2 is 1.30 bits per heavy atom. The second kappa shape index (κ2) is 11.5. The van der Waals surface area contributed by atoms with E-state index in [1.165, 1.54) is 25.9 Å². The summed E-state index contributed by atoms with van der Waals surface area (Å²) in [5, 5.41) is 0. The molecule has 0 radical (unpaired) electrons. The molecule has 0 atom stereocenters. The molecule has 1 saturated heterocycles. The molecule has 0 spiro atoms. The van der Waals surface area contributed by atoms with Crippen LogP contribution in [0.3, 0.4) is 0 Å². The molecule has 0 aromatic heterocycles. The molecule has 0 amide bonds. The van der Waals surface area contributed by atoms with E-state index in [2.05, 4.69) is 25.1 Å². The monoisotopic (exact) mass is 143 g/mol. The molecule has 1 aliphatic rings. The lowest BCUT2D eigenvalue weighted by Crippen LogP contribution is -2.10. The molecule has 0 aliphatic carbocycles. The Kier molecular flexibility index (Phi) is 14.2. The molecule has 1 heteroatoms. The summed E-state index contributed by atoms with van der Waals surface area (Å²) in [5.74, 6) is 0. The van der Waals surface area contributed by atoms with E-state index >= 15 is 0 Å². The summed E-state index contributed by atoms with van der Waals surface area (Å²) in [4.78, 5) is 2.36. The highest BCUT2D eigenvalue weighted by molar-refractivity contribution is 4.59. The van der Waals surface area contributed by atoms with Gasteiger partial charge in [-0.25, -0.2) is 0 Å². The molecule has 62 valence electrons. The van der Waals surface area contributed by atoms with Crippen molar-refractivity contribution in [2.75, 3.05) is 20.1 Å². The van der Waals surface area contributed by atoms with Gasteiger partial charge in [0, 0.05) is 0 Å². The molecule has 0 bridgehead atoms. The van der Waals surface area contributed by atoms with Crippen molar-refractivity contribution in [2.24, 2.45) is 0 Å². The van der Waals surface area contributed by atoms with Gasteiger partial charge >= 0.3 is 0 Å². The second-order valence-corrected chi connectivity index (χ2v) is 2.01. The predicted molar refractivity (Wildman–Crippen MR) is 49.3 cm³/mol. The average molecular weight is 143 g/mol. The lowest BCUT2D eigenvalue weighted by atomic mass is 10.4. The molecule has 0 N–H and O–H groups in total. The van der Waals surface area contributed by atoms with E-state index < -0.39 is 0 Å². The number of rotatable bonds is 0. The molecule has 0 aromatic rings. The Hall–Kier alpha value is -0.300. The van der Waals surface area contributed by atoms with Crippen LogP contribution < -0.4 is 0 Å². The Balaban J connectivity index is 0. The summed E-state index contributed by atoms with van der Waals surface area (Å²) in [6.45, 7) is 12.6. The van der Waals surface area contributed by atoms with Gasteiger partial charge in [-0.1, -0.05) is 13.8 Å². The predicted octanol–water partition coefficient (Wildman–Crippen LogP) is 2.54. The van der Waals surface area contributed by atoms with E-state index in [9.17, 15) is 0 Å². The van der Waals surface area contributed by atoms with Gasteiger partial charge in [-0.15, -0.1) is 13.2 Å². The summed E-state index contributed by atoms with van der Waals surface area (Å²) in [6.07, 6.45) is 2.83. The van der Waals surface area contributed by atoms with Crippen LogP contribution in [0, 0.1) is 0 Å². The number of hydrogen-bond donors (Lipinski definition) is 0. The van der Waals surface area contributed by atoms with Crippen LogP contribution in [-0.2, 0) is 0 Å². The van der Waals surface area contributed by atoms with Gasteiger partial charge in [0.05, 0.1) is 0 Å². The fourth-order valence-electron chi connectivity index (χ4n) is 0.875. The Morgan fingerprint density at radius 1 is 1.00 bits per heavy atom. The smallest absolute Gasteiger partial charge is 0.00213 e. The Bertz CT molecular complexity index is 46.7. The van der Waals surface area contributed by atoms with Crippen LogP contribution in [0.15, 0.2) is 13.2 Å². The van der Waals surface area contributed by atoms with E-state index in [0.717, 1.165) is 0 Å². The third kappa shape index (κ3) is 7.70. The van der Waals surface area contributed by atoms with Crippen molar-refractivity contribution < 1.29 is 0 Å². The van der Waals surface area contributed by atoms with Crippen LogP contribution in [0.25, 0.3) is 0 Å². The van der Waals surface area contributed by atoms with Crippen molar-refractivity contribution in [3.63, 3.8) is 0 Å². The van der Waals surface area contributed by atoms with Gasteiger partial charge in [0.25, 0.3) is 0 Å². The minimum atomic E-state index is 1.32. The third-order valence-electron chi connectivity index (χ3n) is 1.33. The molecule has 1 nitrogen and oxygen atoms in total. The fourth-order valence-corrected chi connectivity index (χ4v) is 0.875. The fraction of sp³-hybridized carbons (Fsp3) is 0.778. The van der Waals surface area contributed by atoms with E-state index in [-0.39, 0.29) is 0 Å². The minimum Gasteiger partial charge on any atom is -0.306 e. The molecule has 0 aromatic carbocycles. The first-order valence-electron chi connectivity index (χ1n) is 4.08. The summed E-state index contributed by atoms with van der Waals surface area (Å²) in [7, 11) is 2.17. The minimum absolute atomic E-state index is 1.32. The topological polar surface area (TPSA) is 3.24 Å². The maximum atomic E-state index is 3.00. The Morgan fingerprint density at radius 3 is 1.40 bits per heavy atom. The van der Waals surface area contributed by atoms with Gasteiger partial charge in [-0.2, -0.15) is 0 Å². The van der Waals surface area contributed by atoms with E-state index in [4.69, 9.17) is 0 Å². The van der Waals surface area contributed by atoms with Crippen molar-refractivity contribution in [1.82, 2.24) is 4.90 Å². The largest absolute Gasteiger partial charge is 0.306 e. The Labute approximate surface area is 65.7 Å². The van der Waals surface area contributed by atoms with E-state index in [1.54, 1.807) is 0 Å². The van der Waals surface area contributed by atoms with E-state index in [1.807, 2.05) is 13.8 Å². The molecule has 10 heavy (non-hydrogen) atoms. The number of hydrogen-bond acceptors (Lipinski definition) is 1. The van der Waals surface area contributed by atoms with Gasteiger partial charge < -0.3 is 4.90 Å². The van der Waals surface area contributed by atoms with Crippen molar-refractivity contribution in [3.8, 4) is 0 Å². The molecular formula is C9H21N. The maximum Gasteiger partial charge on any atom is -0.00213 e. The normalized spacial score (nSPS) is 16.3. The standard InChI is InChI=1S/C5H11N.C2H6.C2H4/c1-6-4-2-3-5-6;2*1-2/h2-5H2,1H3;1-2H3;1-2H2. The van der Waals surface area contributed by atoms with Crippen LogP contribution in [0.2, 0.25) is 0 Å². The summed E-state index contributed by atoms with van der Waals surface area (Å²) < 4.78 is 0. The number of likely N-dealkylation sites (tertiary alicyclic amines) is 1. The summed E-state index contributed by atoms with van der Waals surface area (Å²) >= 11 is 0. The molecule has 1 fully saturated rings. The quantitative estimate of drug-likeness (QED) is 0.471. The zero-order valence-electron chi connectivity index (χ0n) is 7.69. The van der Waals surface area contributed by atoms with Gasteiger partial charge in [0.15, 0.2) is 0 Å². The van der Waals surface area contributed by atoms with Gasteiger partial charge in [0.2, 0.25) is 0 Å². The third-order valence-corrected chi connectivity index (χ3v) is 1.33. The molecule has 0 saturated carbocycles. The highest BCUT2D eigenvalue weighted by Gasteiger charge is 2.03. The van der Waals surface area contributed by atoms with Gasteiger partial charge in [-0.3, -0.25) is 0 Å². The lowest BCUT2D eigenvalue weighted by molar-refractivity contribution is 0.418. The first-order chi connectivity index (χ1) is 4.89. The van der Waals surface area contributed by atoms with Gasteiger partial charge in [0.1, 0.15) is 0 Å². The first kappa shape index (κ1) is 12.4. The van der Waals surface area contributed by atoms with Crippen molar-refractivity contribution in [3.05, 3.63) is 13.2 Å². The lowest BCUT2D eigenvalue weighted by Gasteiger charge is -2.01. The highest BCUT2D eigenvalue weighted by atomic mass is 15.1. The second-order valence-electron chi connectivity index (χ2n) is 2.01. The van der Waals surface area contributed by atoms with Crippen molar-refractivity contribution in [2.45, 2.75) is 26.7 Å². The van der Waals surface area contributed by atoms with Gasteiger partial charge in [-0.05, 0) is 33.0 Å². The molecule has 1 rings (SSSR count). The average Bonchev–Trinajstić information content (AvgIpc) is 2.48. The van der Waals surface area contributed by atoms with Crippen LogP contribution in [0.1, 0.15) is 26.7 Å². The SMILES string of the molecule is C=C.CC.CN1CCCC1. The van der Waals surface area contributed by atoms with Crippen LogP contribution >= 0.6 is 0 Å². The zero-order chi connectivity index (χ0) is 8.41. The number of nitrogens with zero attached hydrogens (tertiary/aromatic N) is 1. The summed E-state index contributed by atoms with van der Waals surface area (Å²) in [5.41, 5.74) is 0. The molecule has 1 aliphatic heterocycles. The molecule has 0 unspecified atom stereocenters. The molecule has 1 heterocycles. The summed E-state index contributed by atoms with van der Waals surface area (Å²) in [6, 6.07) is 0. The van der Waals surface area contributed by atoms with Crippen molar-refractivity contribution in [1.29, 1.82) is 0 Å². The molecular weight excluding hydrogens is 122 g/mol.